The molecule has 1 aliphatic rings. The van der Waals surface area contributed by atoms with E-state index in [1.165, 1.54) is 0 Å². The van der Waals surface area contributed by atoms with Gasteiger partial charge in [0.05, 0.1) is 12.1 Å². The Bertz CT molecular complexity index is 1610. The van der Waals surface area contributed by atoms with Crippen molar-refractivity contribution in [1.29, 1.82) is 0 Å². The van der Waals surface area contributed by atoms with Crippen molar-refractivity contribution in [2.45, 2.75) is 105 Å². The summed E-state index contributed by atoms with van der Waals surface area (Å²) in [6.45, 7) is 19.9. The Morgan fingerprint density at radius 3 is 0.882 bits per heavy atom. The molecule has 1 saturated carbocycles. The number of aryl methyl sites for hydroxylation is 4. The molecular weight excluding hydrogens is 633 g/mol. The molecule has 0 aromatic heterocycles. The van der Waals surface area contributed by atoms with Gasteiger partial charge < -0.3 is 20.8 Å². The van der Waals surface area contributed by atoms with Crippen LogP contribution in [0, 0.1) is 43.9 Å². The summed E-state index contributed by atoms with van der Waals surface area (Å²) in [5.41, 5.74) is 1.02. The van der Waals surface area contributed by atoms with E-state index < -0.39 is 51.3 Å². The molecule has 0 unspecified atom stereocenters. The SMILES string of the molecule is Cc1ccc(C(O)(c2ccc(C)cc2)[C@H](NC(=O)C2(C(=O)N[C@H](C(C)(C)C)C(O)(c3ccc(C)cc3)c3ccc(C)cc3)CC2)C(C)(C)C)cc1. The lowest BCUT2D eigenvalue weighted by molar-refractivity contribution is -0.142. The molecule has 0 bridgehead atoms. The van der Waals surface area contributed by atoms with E-state index in [4.69, 9.17) is 0 Å². The van der Waals surface area contributed by atoms with Gasteiger partial charge in [-0.15, -0.1) is 0 Å². The van der Waals surface area contributed by atoms with Crippen LogP contribution in [-0.2, 0) is 20.8 Å². The first kappa shape index (κ1) is 38.0. The maximum atomic E-state index is 14.6. The maximum Gasteiger partial charge on any atom is 0.236 e. The van der Waals surface area contributed by atoms with Gasteiger partial charge >= 0.3 is 0 Å². The number of carbonyl (C=O) groups is 2. The quantitative estimate of drug-likeness (QED) is 0.127. The lowest BCUT2D eigenvalue weighted by Gasteiger charge is -2.46. The zero-order valence-corrected chi connectivity index (χ0v) is 32.0. The molecule has 0 radical (unpaired) electrons. The summed E-state index contributed by atoms with van der Waals surface area (Å²) in [4.78, 5) is 29.2. The van der Waals surface area contributed by atoms with Crippen molar-refractivity contribution in [2.75, 3.05) is 0 Å². The summed E-state index contributed by atoms with van der Waals surface area (Å²) < 4.78 is 0. The second-order valence-electron chi connectivity index (χ2n) is 17.1. The van der Waals surface area contributed by atoms with Gasteiger partial charge in [0.15, 0.2) is 0 Å². The van der Waals surface area contributed by atoms with Crippen LogP contribution in [0.25, 0.3) is 0 Å². The highest BCUT2D eigenvalue weighted by atomic mass is 16.3. The molecule has 0 aliphatic heterocycles. The normalized spacial score (nSPS) is 15.8. The first-order valence-corrected chi connectivity index (χ1v) is 18.1. The first-order valence-electron chi connectivity index (χ1n) is 18.1. The van der Waals surface area contributed by atoms with E-state index >= 15 is 0 Å². The molecule has 51 heavy (non-hydrogen) atoms. The maximum absolute atomic E-state index is 14.6. The lowest BCUT2D eigenvalue weighted by atomic mass is 9.69. The molecule has 0 saturated heterocycles. The summed E-state index contributed by atoms with van der Waals surface area (Å²) in [7, 11) is 0. The molecule has 6 heteroatoms. The van der Waals surface area contributed by atoms with Crippen molar-refractivity contribution >= 4 is 11.8 Å². The predicted molar refractivity (Wildman–Crippen MR) is 205 cm³/mol. The molecule has 2 amide bonds. The van der Waals surface area contributed by atoms with Crippen molar-refractivity contribution in [3.63, 3.8) is 0 Å². The number of amides is 2. The molecule has 4 aromatic carbocycles. The Kier molecular flexibility index (Phi) is 10.2. The molecule has 0 spiro atoms. The van der Waals surface area contributed by atoms with Crippen LogP contribution in [0.15, 0.2) is 97.1 Å². The third-order valence-electron chi connectivity index (χ3n) is 10.7. The Labute approximate surface area is 304 Å². The average molecular weight is 689 g/mol. The fourth-order valence-electron chi connectivity index (χ4n) is 7.35. The summed E-state index contributed by atoms with van der Waals surface area (Å²) >= 11 is 0. The first-order chi connectivity index (χ1) is 23.7. The van der Waals surface area contributed by atoms with Gasteiger partial charge in [0, 0.05) is 0 Å². The lowest BCUT2D eigenvalue weighted by Crippen LogP contribution is -2.62. The van der Waals surface area contributed by atoms with Crippen LogP contribution in [0.5, 0.6) is 0 Å². The van der Waals surface area contributed by atoms with Gasteiger partial charge in [-0.2, -0.15) is 0 Å². The topological polar surface area (TPSA) is 98.7 Å². The zero-order valence-electron chi connectivity index (χ0n) is 32.0. The van der Waals surface area contributed by atoms with E-state index in [0.717, 1.165) is 22.3 Å². The largest absolute Gasteiger partial charge is 0.378 e. The predicted octanol–water partition coefficient (Wildman–Crippen LogP) is 7.93. The number of hydrogen-bond donors (Lipinski definition) is 4. The molecule has 4 N–H and O–H groups in total. The third kappa shape index (κ3) is 7.40. The van der Waals surface area contributed by atoms with E-state index in [-0.39, 0.29) is 0 Å². The molecule has 5 rings (SSSR count). The second kappa shape index (κ2) is 13.7. The number of rotatable bonds is 10. The molecule has 270 valence electrons. The van der Waals surface area contributed by atoms with Gasteiger partial charge in [-0.05, 0) is 73.6 Å². The van der Waals surface area contributed by atoms with Gasteiger partial charge in [-0.1, -0.05) is 161 Å². The van der Waals surface area contributed by atoms with E-state index in [0.29, 0.717) is 35.1 Å². The van der Waals surface area contributed by atoms with Gasteiger partial charge in [-0.25, -0.2) is 0 Å². The van der Waals surface area contributed by atoms with Crippen LogP contribution >= 0.6 is 0 Å². The Morgan fingerprint density at radius 2 is 0.706 bits per heavy atom. The Hall–Kier alpha value is -4.26. The minimum Gasteiger partial charge on any atom is -0.378 e. The highest BCUT2D eigenvalue weighted by Crippen LogP contribution is 2.50. The number of nitrogens with one attached hydrogen (secondary N) is 2. The second-order valence-corrected chi connectivity index (χ2v) is 17.1. The van der Waals surface area contributed by atoms with Crippen LogP contribution in [0.2, 0.25) is 0 Å². The molecule has 2 atom stereocenters. The van der Waals surface area contributed by atoms with Crippen LogP contribution in [0.4, 0.5) is 0 Å². The van der Waals surface area contributed by atoms with Crippen molar-refractivity contribution < 1.29 is 19.8 Å². The fourth-order valence-corrected chi connectivity index (χ4v) is 7.35. The van der Waals surface area contributed by atoms with Gasteiger partial charge in [-0.3, -0.25) is 9.59 Å². The number of hydrogen-bond acceptors (Lipinski definition) is 4. The minimum absolute atomic E-state index is 0.360. The van der Waals surface area contributed by atoms with Gasteiger partial charge in [0.25, 0.3) is 0 Å². The molecule has 1 aliphatic carbocycles. The molecule has 1 fully saturated rings. The fraction of sp³-hybridized carbons (Fsp3) is 0.422. The summed E-state index contributed by atoms with van der Waals surface area (Å²) in [6, 6.07) is 29.3. The summed E-state index contributed by atoms with van der Waals surface area (Å²) in [5.74, 6) is -0.862. The number of aliphatic hydroxyl groups is 2. The van der Waals surface area contributed by atoms with Crippen molar-refractivity contribution in [3.8, 4) is 0 Å². The van der Waals surface area contributed by atoms with Crippen LogP contribution in [0.1, 0.15) is 98.9 Å². The van der Waals surface area contributed by atoms with Crippen molar-refractivity contribution in [3.05, 3.63) is 142 Å². The van der Waals surface area contributed by atoms with Crippen molar-refractivity contribution in [2.24, 2.45) is 16.2 Å². The average Bonchev–Trinajstić information content (AvgIpc) is 3.88. The smallest absolute Gasteiger partial charge is 0.236 e. The van der Waals surface area contributed by atoms with Gasteiger partial charge in [0.1, 0.15) is 16.6 Å². The van der Waals surface area contributed by atoms with Crippen LogP contribution < -0.4 is 10.6 Å². The van der Waals surface area contributed by atoms with Crippen LogP contribution in [-0.4, -0.2) is 34.1 Å². The summed E-state index contributed by atoms with van der Waals surface area (Å²) in [6.07, 6.45) is 0.721. The Morgan fingerprint density at radius 1 is 0.490 bits per heavy atom. The monoisotopic (exact) mass is 688 g/mol. The van der Waals surface area contributed by atoms with E-state index in [1.807, 2.05) is 166 Å². The molecular formula is C45H56N2O4. The minimum atomic E-state index is -1.60. The van der Waals surface area contributed by atoms with Crippen LogP contribution in [0.3, 0.4) is 0 Å². The van der Waals surface area contributed by atoms with E-state index in [2.05, 4.69) is 10.6 Å². The molecule has 4 aromatic rings. The van der Waals surface area contributed by atoms with Crippen molar-refractivity contribution in [1.82, 2.24) is 10.6 Å². The van der Waals surface area contributed by atoms with E-state index in [9.17, 15) is 19.8 Å². The molecule has 0 heterocycles. The third-order valence-corrected chi connectivity index (χ3v) is 10.7. The molecule has 6 nitrogen and oxygen atoms in total. The number of benzene rings is 4. The van der Waals surface area contributed by atoms with Gasteiger partial charge in [0.2, 0.25) is 11.8 Å². The van der Waals surface area contributed by atoms with E-state index in [1.54, 1.807) is 0 Å². The highest BCUT2D eigenvalue weighted by Gasteiger charge is 2.60. The standard InChI is InChI=1S/C45H56N2O4/c1-29-11-19-33(20-12-29)44(50,34-21-13-30(2)14-22-34)37(41(5,6)7)46-39(48)43(27-28-43)40(49)47-38(42(8,9)10)45(51,35-23-15-31(3)16-24-35)36-25-17-32(4)18-26-36/h11-26,37-38,50-51H,27-28H2,1-10H3,(H,46,48)(H,47,49)/t37-,38-/m1/s1. The highest BCUT2D eigenvalue weighted by molar-refractivity contribution is 6.08. The Balaban J connectivity index is 1.54. The number of carbonyl (C=O) groups excluding carboxylic acids is 2. The zero-order chi connectivity index (χ0) is 37.6. The summed E-state index contributed by atoms with van der Waals surface area (Å²) in [5, 5.41) is 32.3.